The Morgan fingerprint density at radius 3 is 2.28 bits per heavy atom. The third-order valence-electron chi connectivity index (χ3n) is 7.02. The minimum atomic E-state index is -4.59. The van der Waals surface area contributed by atoms with E-state index < -0.39 is 25.4 Å². The van der Waals surface area contributed by atoms with E-state index >= 15 is 0 Å². The van der Waals surface area contributed by atoms with E-state index in [4.69, 9.17) is 15.2 Å². The van der Waals surface area contributed by atoms with Crippen LogP contribution in [0.4, 0.5) is 29.3 Å². The van der Waals surface area contributed by atoms with Gasteiger partial charge in [-0.25, -0.2) is 4.79 Å². The Hall–Kier alpha value is -2.10. The number of carbonyl (C=O) groups excluding carboxylic acids is 1. The number of alkyl halides is 3. The molecule has 1 amide bonds. The van der Waals surface area contributed by atoms with Gasteiger partial charge in [0.25, 0.3) is 0 Å². The molecule has 2 aliphatic rings. The fraction of sp³-hybridized carbons (Fsp3) is 0.731. The van der Waals surface area contributed by atoms with Crippen LogP contribution >= 0.6 is 0 Å². The van der Waals surface area contributed by atoms with Crippen LogP contribution in [-0.4, -0.2) is 57.5 Å². The summed E-state index contributed by atoms with van der Waals surface area (Å²) in [6.07, 6.45) is -1.81. The van der Waals surface area contributed by atoms with Crippen LogP contribution in [0.5, 0.6) is 5.75 Å². The second-order valence-corrected chi connectivity index (χ2v) is 18.1. The van der Waals surface area contributed by atoms with Crippen molar-refractivity contribution in [3.63, 3.8) is 0 Å². The number of ether oxygens (including phenoxy) is 2. The number of piperidine rings is 2. The smallest absolute Gasteiger partial charge is 0.422 e. The van der Waals surface area contributed by atoms with Crippen molar-refractivity contribution in [3.05, 3.63) is 17.7 Å². The Morgan fingerprint density at radius 2 is 1.72 bits per heavy atom. The molecular formula is C26H42F3N3O3Si. The molecule has 0 radical (unpaired) electrons. The molecule has 10 heteroatoms. The Bertz CT molecular complexity index is 933. The summed E-state index contributed by atoms with van der Waals surface area (Å²) in [7, 11) is -1.46. The van der Waals surface area contributed by atoms with Gasteiger partial charge in [-0.3, -0.25) is 0 Å². The van der Waals surface area contributed by atoms with Crippen molar-refractivity contribution in [2.24, 2.45) is 5.41 Å². The third kappa shape index (κ3) is 7.23. The Balaban J connectivity index is 1.81. The average Bonchev–Trinajstić information content (AvgIpc) is 2.72. The molecule has 2 N–H and O–H groups in total. The van der Waals surface area contributed by atoms with Crippen LogP contribution in [0.25, 0.3) is 0 Å². The topological polar surface area (TPSA) is 68.0 Å². The first kappa shape index (κ1) is 28.5. The van der Waals surface area contributed by atoms with E-state index in [0.717, 1.165) is 31.7 Å². The van der Waals surface area contributed by atoms with Crippen LogP contribution in [0.1, 0.15) is 52.0 Å². The number of hydrogen-bond donors (Lipinski definition) is 1. The molecule has 1 aromatic carbocycles. The fourth-order valence-electron chi connectivity index (χ4n) is 5.09. The maximum atomic E-state index is 14.4. The van der Waals surface area contributed by atoms with Gasteiger partial charge >= 0.3 is 12.3 Å². The summed E-state index contributed by atoms with van der Waals surface area (Å²) in [4.78, 5) is 16.0. The van der Waals surface area contributed by atoms with E-state index in [1.54, 1.807) is 9.80 Å². The molecule has 1 aromatic rings. The number of hydrogen-bond acceptors (Lipinski definition) is 5. The SMILES string of the molecule is CC(C)(C)OC(=O)N1CCC2(CCCN(c3c(N)ccc(OCC[Si](C)(C)C)c3C(F)(F)F)C2)CC1. The van der Waals surface area contributed by atoms with Crippen LogP contribution < -0.4 is 15.4 Å². The molecule has 2 heterocycles. The van der Waals surface area contributed by atoms with E-state index in [0.29, 0.717) is 26.2 Å². The summed E-state index contributed by atoms with van der Waals surface area (Å²) < 4.78 is 54.4. The van der Waals surface area contributed by atoms with Gasteiger partial charge in [0.1, 0.15) is 16.9 Å². The number of anilines is 2. The molecule has 3 rings (SSSR count). The molecule has 2 aliphatic heterocycles. The highest BCUT2D eigenvalue weighted by Crippen LogP contribution is 2.49. The summed E-state index contributed by atoms with van der Waals surface area (Å²) in [6, 6.07) is 3.65. The molecule has 0 atom stereocenters. The molecule has 204 valence electrons. The first-order chi connectivity index (χ1) is 16.5. The summed E-state index contributed by atoms with van der Waals surface area (Å²) in [5.74, 6) is -0.149. The van der Waals surface area contributed by atoms with Crippen molar-refractivity contribution < 1.29 is 27.4 Å². The van der Waals surface area contributed by atoms with Crippen LogP contribution in [0, 0.1) is 5.41 Å². The van der Waals surface area contributed by atoms with Gasteiger partial charge in [0.15, 0.2) is 0 Å². The fourth-order valence-corrected chi connectivity index (χ4v) is 5.80. The number of likely N-dealkylation sites (tertiary alicyclic amines) is 1. The predicted octanol–water partition coefficient (Wildman–Crippen LogP) is 6.62. The van der Waals surface area contributed by atoms with Crippen molar-refractivity contribution in [1.82, 2.24) is 4.90 Å². The minimum absolute atomic E-state index is 0.0293. The molecule has 6 nitrogen and oxygen atoms in total. The second kappa shape index (κ2) is 10.3. The van der Waals surface area contributed by atoms with Crippen LogP contribution in [0.3, 0.4) is 0 Å². The summed E-state index contributed by atoms with van der Waals surface area (Å²) in [5.41, 5.74) is 4.83. The van der Waals surface area contributed by atoms with Gasteiger partial charge in [-0.15, -0.1) is 0 Å². The van der Waals surface area contributed by atoms with E-state index in [2.05, 4.69) is 19.6 Å². The summed E-state index contributed by atoms with van der Waals surface area (Å²) in [6.45, 7) is 14.3. The number of amides is 1. The van der Waals surface area contributed by atoms with Gasteiger partial charge in [-0.2, -0.15) is 13.2 Å². The van der Waals surface area contributed by atoms with Crippen molar-refractivity contribution in [3.8, 4) is 5.75 Å². The number of halogens is 3. The van der Waals surface area contributed by atoms with Crippen LogP contribution in [0.15, 0.2) is 12.1 Å². The Labute approximate surface area is 214 Å². The van der Waals surface area contributed by atoms with E-state index in [1.165, 1.54) is 12.1 Å². The van der Waals surface area contributed by atoms with Crippen molar-refractivity contribution >= 4 is 25.5 Å². The summed E-state index contributed by atoms with van der Waals surface area (Å²) in [5, 5.41) is 0. The largest absolute Gasteiger partial charge is 0.493 e. The van der Waals surface area contributed by atoms with Crippen molar-refractivity contribution in [1.29, 1.82) is 0 Å². The molecule has 2 fully saturated rings. The van der Waals surface area contributed by atoms with Gasteiger partial charge in [-0.1, -0.05) is 19.6 Å². The minimum Gasteiger partial charge on any atom is -0.493 e. The predicted molar refractivity (Wildman–Crippen MR) is 140 cm³/mol. The lowest BCUT2D eigenvalue weighted by Crippen LogP contribution is -2.51. The first-order valence-electron chi connectivity index (χ1n) is 12.9. The highest BCUT2D eigenvalue weighted by Gasteiger charge is 2.44. The molecule has 36 heavy (non-hydrogen) atoms. The molecule has 0 aliphatic carbocycles. The lowest BCUT2D eigenvalue weighted by atomic mass is 9.72. The van der Waals surface area contributed by atoms with Crippen LogP contribution in [0.2, 0.25) is 25.7 Å². The van der Waals surface area contributed by atoms with Gasteiger partial charge in [0.2, 0.25) is 0 Å². The highest BCUT2D eigenvalue weighted by molar-refractivity contribution is 6.76. The number of benzene rings is 1. The zero-order chi connectivity index (χ0) is 26.9. The molecule has 0 saturated carbocycles. The van der Waals surface area contributed by atoms with Gasteiger partial charge in [-0.05, 0) is 70.0 Å². The Morgan fingerprint density at radius 1 is 1.08 bits per heavy atom. The van der Waals surface area contributed by atoms with Gasteiger partial charge in [0, 0.05) is 34.3 Å². The number of rotatable bonds is 5. The molecular weight excluding hydrogens is 487 g/mol. The highest BCUT2D eigenvalue weighted by atomic mass is 28.3. The molecule has 2 saturated heterocycles. The standard InChI is InChI=1S/C26H42F3N3O3Si/c1-24(2,3)35-23(33)31-14-11-25(12-15-31)10-7-13-32(18-25)22-19(30)8-9-20(21(22)26(27,28)29)34-16-17-36(4,5)6/h8-9H,7,10-18,30H2,1-6H3. The number of nitrogens with zero attached hydrogens (tertiary/aromatic N) is 2. The molecule has 0 unspecified atom stereocenters. The lowest BCUT2D eigenvalue weighted by molar-refractivity contribution is -0.138. The summed E-state index contributed by atoms with van der Waals surface area (Å²) >= 11 is 0. The molecule has 0 bridgehead atoms. The first-order valence-corrected chi connectivity index (χ1v) is 16.6. The normalized spacial score (nSPS) is 18.9. The average molecular weight is 530 g/mol. The number of nitrogens with two attached hydrogens (primary N) is 1. The number of nitrogen functional groups attached to an aromatic ring is 1. The number of carbonyl (C=O) groups is 1. The quantitative estimate of drug-likeness (QED) is 0.343. The maximum Gasteiger partial charge on any atom is 0.422 e. The monoisotopic (exact) mass is 529 g/mol. The van der Waals surface area contributed by atoms with Crippen molar-refractivity contribution in [2.75, 3.05) is 43.4 Å². The lowest BCUT2D eigenvalue weighted by Gasteiger charge is -2.48. The van der Waals surface area contributed by atoms with Crippen LogP contribution in [-0.2, 0) is 10.9 Å². The second-order valence-electron chi connectivity index (χ2n) is 12.5. The van der Waals surface area contributed by atoms with Gasteiger partial charge in [0.05, 0.1) is 18.0 Å². The van der Waals surface area contributed by atoms with E-state index in [-0.39, 0.29) is 35.2 Å². The van der Waals surface area contributed by atoms with Crippen molar-refractivity contribution in [2.45, 2.75) is 83.9 Å². The molecule has 1 spiro atoms. The molecule has 0 aromatic heterocycles. The Kier molecular flexibility index (Phi) is 8.18. The van der Waals surface area contributed by atoms with E-state index in [9.17, 15) is 18.0 Å². The zero-order valence-corrected chi connectivity index (χ0v) is 23.6. The van der Waals surface area contributed by atoms with E-state index in [1.807, 2.05) is 20.8 Å². The third-order valence-corrected chi connectivity index (χ3v) is 8.72. The maximum absolute atomic E-state index is 14.4. The van der Waals surface area contributed by atoms with Gasteiger partial charge < -0.3 is 25.0 Å². The zero-order valence-electron chi connectivity index (χ0n) is 22.6.